The monoisotopic (exact) mass is 302 g/mol. The average Bonchev–Trinajstić information content (AvgIpc) is 2.50. The topological polar surface area (TPSA) is 62.0 Å². The second-order valence-electron chi connectivity index (χ2n) is 5.13. The Hall–Kier alpha value is -2.07. The number of amides is 1. The van der Waals surface area contributed by atoms with E-state index in [4.69, 9.17) is 11.6 Å². The maximum Gasteiger partial charge on any atom is 0.261 e. The molecule has 3 rings (SSSR count). The fourth-order valence-electron chi connectivity index (χ4n) is 2.62. The zero-order valence-electron chi connectivity index (χ0n) is 11.4. The molecule has 0 saturated heterocycles. The lowest BCUT2D eigenvalue weighted by Gasteiger charge is -2.15. The van der Waals surface area contributed by atoms with Crippen molar-refractivity contribution in [3.63, 3.8) is 0 Å². The van der Waals surface area contributed by atoms with Crippen molar-refractivity contribution in [2.24, 2.45) is 0 Å². The zero-order valence-corrected chi connectivity index (χ0v) is 12.2. The van der Waals surface area contributed by atoms with Crippen LogP contribution in [-0.2, 0) is 12.8 Å². The summed E-state index contributed by atoms with van der Waals surface area (Å²) in [5, 5.41) is 3.13. The van der Waals surface area contributed by atoms with Crippen LogP contribution in [0.4, 0.5) is 5.69 Å². The molecule has 2 aromatic rings. The summed E-state index contributed by atoms with van der Waals surface area (Å²) in [6, 6.07) is 6.95. The van der Waals surface area contributed by atoms with Crippen LogP contribution in [0.2, 0.25) is 5.02 Å². The summed E-state index contributed by atoms with van der Waals surface area (Å²) in [5.41, 5.74) is 2.17. The summed E-state index contributed by atoms with van der Waals surface area (Å²) >= 11 is 6.01. The van der Waals surface area contributed by atoms with E-state index in [-0.39, 0.29) is 11.0 Å². The minimum Gasteiger partial charge on any atom is -0.364 e. The normalized spacial score (nSPS) is 13.6. The third kappa shape index (κ3) is 2.72. The molecule has 0 fully saturated rings. The first-order valence-electron chi connectivity index (χ1n) is 6.96. The van der Waals surface area contributed by atoms with Crippen molar-refractivity contribution in [2.75, 3.05) is 5.32 Å². The fourth-order valence-corrected chi connectivity index (χ4v) is 2.81. The number of rotatable bonds is 2. The molecule has 1 aliphatic carbocycles. The van der Waals surface area contributed by atoms with Crippen LogP contribution in [0.5, 0.6) is 0 Å². The number of aromatic nitrogens is 1. The number of fused-ring (bicyclic) bond motifs is 1. The molecule has 1 aliphatic rings. The van der Waals surface area contributed by atoms with Crippen molar-refractivity contribution in [1.29, 1.82) is 0 Å². The van der Waals surface area contributed by atoms with Gasteiger partial charge >= 0.3 is 0 Å². The molecule has 0 atom stereocenters. The summed E-state index contributed by atoms with van der Waals surface area (Å²) in [5.74, 6) is -0.433. The van der Waals surface area contributed by atoms with Gasteiger partial charge in [-0.15, -0.1) is 0 Å². The highest BCUT2D eigenvalue weighted by Crippen LogP contribution is 2.21. The van der Waals surface area contributed by atoms with E-state index in [0.717, 1.165) is 36.9 Å². The van der Waals surface area contributed by atoms with Gasteiger partial charge in [0.2, 0.25) is 0 Å². The van der Waals surface area contributed by atoms with Gasteiger partial charge in [0.1, 0.15) is 5.56 Å². The van der Waals surface area contributed by atoms with Gasteiger partial charge in [-0.3, -0.25) is 9.59 Å². The minimum atomic E-state index is -0.433. The Morgan fingerprint density at radius 2 is 1.95 bits per heavy atom. The highest BCUT2D eigenvalue weighted by molar-refractivity contribution is 6.33. The highest BCUT2D eigenvalue weighted by atomic mass is 35.5. The molecular formula is C16H15ClN2O2. The molecule has 1 aromatic heterocycles. The van der Waals surface area contributed by atoms with Gasteiger partial charge in [-0.2, -0.15) is 0 Å². The van der Waals surface area contributed by atoms with Gasteiger partial charge in [0.15, 0.2) is 5.43 Å². The van der Waals surface area contributed by atoms with E-state index in [2.05, 4.69) is 10.3 Å². The minimum absolute atomic E-state index is 0.135. The number of hydrogen-bond donors (Lipinski definition) is 2. The van der Waals surface area contributed by atoms with Crippen LogP contribution in [0.15, 0.2) is 35.3 Å². The van der Waals surface area contributed by atoms with Crippen LogP contribution in [0.25, 0.3) is 0 Å². The van der Waals surface area contributed by atoms with Crippen LogP contribution in [-0.4, -0.2) is 10.9 Å². The summed E-state index contributed by atoms with van der Waals surface area (Å²) in [4.78, 5) is 27.8. The largest absolute Gasteiger partial charge is 0.364 e. The number of hydrogen-bond acceptors (Lipinski definition) is 2. The van der Waals surface area contributed by atoms with Crippen LogP contribution >= 0.6 is 11.6 Å². The van der Waals surface area contributed by atoms with Crippen LogP contribution in [0.3, 0.4) is 0 Å². The summed E-state index contributed by atoms with van der Waals surface area (Å²) in [6.45, 7) is 0. The number of nitrogens with one attached hydrogen (secondary N) is 2. The van der Waals surface area contributed by atoms with Crippen molar-refractivity contribution in [3.8, 4) is 0 Å². The summed E-state index contributed by atoms with van der Waals surface area (Å²) in [7, 11) is 0. The number of aryl methyl sites for hydroxylation is 1. The fraction of sp³-hybridized carbons (Fsp3) is 0.250. The van der Waals surface area contributed by atoms with Crippen LogP contribution in [0.1, 0.15) is 34.5 Å². The number of halogens is 1. The Morgan fingerprint density at radius 1 is 1.19 bits per heavy atom. The van der Waals surface area contributed by atoms with Crippen molar-refractivity contribution < 1.29 is 4.79 Å². The number of carbonyl (C=O) groups excluding carboxylic acids is 1. The highest BCUT2D eigenvalue weighted by Gasteiger charge is 2.19. The number of pyridine rings is 1. The Labute approximate surface area is 127 Å². The Morgan fingerprint density at radius 3 is 2.76 bits per heavy atom. The van der Waals surface area contributed by atoms with E-state index >= 15 is 0 Å². The molecule has 0 spiro atoms. The number of carbonyl (C=O) groups is 1. The summed E-state index contributed by atoms with van der Waals surface area (Å²) < 4.78 is 0. The molecule has 1 amide bonds. The molecule has 0 radical (unpaired) electrons. The van der Waals surface area contributed by atoms with Crippen LogP contribution in [0, 0.1) is 0 Å². The predicted molar refractivity (Wildman–Crippen MR) is 83.1 cm³/mol. The van der Waals surface area contributed by atoms with Crippen molar-refractivity contribution in [1.82, 2.24) is 4.98 Å². The molecule has 1 aromatic carbocycles. The first-order chi connectivity index (χ1) is 10.2. The first-order valence-corrected chi connectivity index (χ1v) is 7.34. The molecule has 0 aliphatic heterocycles. The van der Waals surface area contributed by atoms with Crippen LogP contribution < -0.4 is 10.7 Å². The van der Waals surface area contributed by atoms with E-state index in [0.29, 0.717) is 10.7 Å². The third-order valence-corrected chi connectivity index (χ3v) is 4.07. The Bertz CT molecular complexity index is 752. The lowest BCUT2D eigenvalue weighted by molar-refractivity contribution is 0.102. The van der Waals surface area contributed by atoms with Gasteiger partial charge in [0.05, 0.1) is 10.7 Å². The van der Waals surface area contributed by atoms with Gasteiger partial charge in [-0.05, 0) is 37.8 Å². The van der Waals surface area contributed by atoms with E-state index in [1.807, 2.05) is 0 Å². The quantitative estimate of drug-likeness (QED) is 0.895. The first kappa shape index (κ1) is 13.9. The second kappa shape index (κ2) is 5.74. The maximum atomic E-state index is 12.4. The molecule has 1 heterocycles. The van der Waals surface area contributed by atoms with Gasteiger partial charge in [0, 0.05) is 17.5 Å². The second-order valence-corrected chi connectivity index (χ2v) is 5.54. The lowest BCUT2D eigenvalue weighted by atomic mass is 9.94. The standard InChI is InChI=1S/C16H15ClN2O2/c17-12-6-2-4-8-14(12)19-16(21)11-9-18-13-7-3-1-5-10(13)15(11)20/h2,4,6,8-9H,1,3,5,7H2,(H,18,20)(H,19,21). The van der Waals surface area contributed by atoms with Crippen molar-refractivity contribution in [3.05, 3.63) is 62.5 Å². The Balaban J connectivity index is 1.92. The molecule has 0 saturated carbocycles. The smallest absolute Gasteiger partial charge is 0.261 e. The SMILES string of the molecule is O=C(Nc1ccccc1Cl)c1c[nH]c2c(c1=O)CCCC2. The van der Waals surface area contributed by atoms with E-state index in [1.54, 1.807) is 24.3 Å². The summed E-state index contributed by atoms with van der Waals surface area (Å²) in [6.07, 6.45) is 5.17. The van der Waals surface area contributed by atoms with Gasteiger partial charge in [-0.1, -0.05) is 23.7 Å². The molecule has 108 valence electrons. The molecule has 2 N–H and O–H groups in total. The molecule has 4 nitrogen and oxygen atoms in total. The zero-order chi connectivity index (χ0) is 14.8. The third-order valence-electron chi connectivity index (χ3n) is 3.74. The van der Waals surface area contributed by atoms with Gasteiger partial charge in [0.25, 0.3) is 5.91 Å². The van der Waals surface area contributed by atoms with E-state index in [1.165, 1.54) is 6.20 Å². The molecule has 21 heavy (non-hydrogen) atoms. The van der Waals surface area contributed by atoms with Gasteiger partial charge < -0.3 is 10.3 Å². The number of benzene rings is 1. The predicted octanol–water partition coefficient (Wildman–Crippen LogP) is 3.16. The lowest BCUT2D eigenvalue weighted by Crippen LogP contribution is -2.27. The number of H-pyrrole nitrogens is 1. The molecular weight excluding hydrogens is 288 g/mol. The van der Waals surface area contributed by atoms with Crippen molar-refractivity contribution >= 4 is 23.2 Å². The van der Waals surface area contributed by atoms with Gasteiger partial charge in [-0.25, -0.2) is 0 Å². The number of para-hydroxylation sites is 1. The molecule has 0 unspecified atom stereocenters. The molecule has 5 heteroatoms. The maximum absolute atomic E-state index is 12.4. The molecule has 0 bridgehead atoms. The Kier molecular flexibility index (Phi) is 3.80. The van der Waals surface area contributed by atoms with E-state index < -0.39 is 5.91 Å². The van der Waals surface area contributed by atoms with E-state index in [9.17, 15) is 9.59 Å². The van der Waals surface area contributed by atoms with Crippen molar-refractivity contribution in [2.45, 2.75) is 25.7 Å². The average molecular weight is 303 g/mol. The number of aromatic amines is 1. The number of anilines is 1.